The van der Waals surface area contributed by atoms with Crippen molar-refractivity contribution in [2.24, 2.45) is 0 Å². The third-order valence-electron chi connectivity index (χ3n) is 4.05. The largest absolute Gasteiger partial charge is 0.497 e. The van der Waals surface area contributed by atoms with Crippen molar-refractivity contribution >= 4 is 17.6 Å². The second-order valence-electron chi connectivity index (χ2n) is 6.08. The van der Waals surface area contributed by atoms with E-state index in [0.717, 1.165) is 11.3 Å². The van der Waals surface area contributed by atoms with Gasteiger partial charge in [0.2, 0.25) is 17.7 Å². The summed E-state index contributed by atoms with van der Waals surface area (Å²) in [6.45, 7) is 2.06. The van der Waals surface area contributed by atoms with Crippen molar-refractivity contribution in [1.29, 1.82) is 0 Å². The smallest absolute Gasteiger partial charge is 0.338 e. The van der Waals surface area contributed by atoms with Gasteiger partial charge in [-0.1, -0.05) is 0 Å². The fraction of sp³-hybridized carbons (Fsp3) is 0.238. The SMILES string of the molecule is CCOC(=O)c1ccc(NC(=O)CCc2nnc(-c3ccc(OC)cc3)o2)cc1. The van der Waals surface area contributed by atoms with Crippen LogP contribution in [0.15, 0.2) is 52.9 Å². The number of amides is 1. The second kappa shape index (κ2) is 9.50. The number of methoxy groups -OCH3 is 1. The minimum atomic E-state index is -0.394. The number of rotatable bonds is 8. The first-order valence-corrected chi connectivity index (χ1v) is 9.13. The Morgan fingerprint density at radius 3 is 2.41 bits per heavy atom. The molecule has 0 aliphatic rings. The molecule has 1 N–H and O–H groups in total. The molecule has 0 bridgehead atoms. The molecule has 3 rings (SSSR count). The zero-order valence-corrected chi connectivity index (χ0v) is 16.2. The molecule has 0 aliphatic carbocycles. The van der Waals surface area contributed by atoms with Crippen LogP contribution in [0, 0.1) is 0 Å². The zero-order valence-electron chi connectivity index (χ0n) is 16.2. The number of carbonyl (C=O) groups excluding carboxylic acids is 2. The van der Waals surface area contributed by atoms with Crippen molar-refractivity contribution in [2.45, 2.75) is 19.8 Å². The predicted octanol–water partition coefficient (Wildman–Crippen LogP) is 3.49. The highest BCUT2D eigenvalue weighted by Crippen LogP contribution is 2.21. The van der Waals surface area contributed by atoms with Crippen LogP contribution in [0.3, 0.4) is 0 Å². The highest BCUT2D eigenvalue weighted by atomic mass is 16.5. The molecular weight excluding hydrogens is 374 g/mol. The fourth-order valence-corrected chi connectivity index (χ4v) is 2.55. The highest BCUT2D eigenvalue weighted by Gasteiger charge is 2.12. The lowest BCUT2D eigenvalue weighted by atomic mass is 10.2. The average molecular weight is 395 g/mol. The Hall–Kier alpha value is -3.68. The first-order chi connectivity index (χ1) is 14.1. The highest BCUT2D eigenvalue weighted by molar-refractivity contribution is 5.93. The van der Waals surface area contributed by atoms with E-state index in [0.29, 0.717) is 36.1 Å². The number of aryl methyl sites for hydroxylation is 1. The van der Waals surface area contributed by atoms with Crippen LogP contribution < -0.4 is 10.1 Å². The fourth-order valence-electron chi connectivity index (χ4n) is 2.55. The van der Waals surface area contributed by atoms with Crippen LogP contribution in [0.4, 0.5) is 5.69 Å². The third kappa shape index (κ3) is 5.41. The third-order valence-corrected chi connectivity index (χ3v) is 4.05. The molecule has 3 aromatic rings. The first-order valence-electron chi connectivity index (χ1n) is 9.13. The summed E-state index contributed by atoms with van der Waals surface area (Å²) in [4.78, 5) is 23.8. The predicted molar refractivity (Wildman–Crippen MR) is 106 cm³/mol. The van der Waals surface area contributed by atoms with Crippen molar-refractivity contribution in [3.05, 3.63) is 60.0 Å². The van der Waals surface area contributed by atoms with Gasteiger partial charge < -0.3 is 19.2 Å². The lowest BCUT2D eigenvalue weighted by molar-refractivity contribution is -0.116. The van der Waals surface area contributed by atoms with Gasteiger partial charge >= 0.3 is 5.97 Å². The minimum absolute atomic E-state index is 0.184. The van der Waals surface area contributed by atoms with E-state index in [1.54, 1.807) is 50.4 Å². The summed E-state index contributed by atoms with van der Waals surface area (Å²) in [5.74, 6) is 0.911. The van der Waals surface area contributed by atoms with E-state index >= 15 is 0 Å². The molecule has 0 fully saturated rings. The van der Waals surface area contributed by atoms with Crippen molar-refractivity contribution in [3.8, 4) is 17.2 Å². The number of anilines is 1. The summed E-state index contributed by atoms with van der Waals surface area (Å²) in [5.41, 5.74) is 1.80. The Balaban J connectivity index is 1.51. The van der Waals surface area contributed by atoms with Crippen LogP contribution in [0.5, 0.6) is 5.75 Å². The quantitative estimate of drug-likeness (QED) is 0.582. The van der Waals surface area contributed by atoms with Crippen LogP contribution in [0.2, 0.25) is 0 Å². The number of hydrogen-bond donors (Lipinski definition) is 1. The van der Waals surface area contributed by atoms with Gasteiger partial charge in [-0.3, -0.25) is 4.79 Å². The van der Waals surface area contributed by atoms with Crippen LogP contribution in [-0.4, -0.2) is 35.8 Å². The Labute approximate surface area is 167 Å². The number of benzene rings is 2. The van der Waals surface area contributed by atoms with E-state index in [2.05, 4.69) is 15.5 Å². The van der Waals surface area contributed by atoms with Crippen LogP contribution >= 0.6 is 0 Å². The van der Waals surface area contributed by atoms with E-state index in [4.69, 9.17) is 13.9 Å². The summed E-state index contributed by atoms with van der Waals surface area (Å²) in [6.07, 6.45) is 0.500. The molecule has 1 aromatic heterocycles. The van der Waals surface area contributed by atoms with Crippen molar-refractivity contribution in [1.82, 2.24) is 10.2 Å². The molecule has 0 aliphatic heterocycles. The van der Waals surface area contributed by atoms with Crippen LogP contribution in [-0.2, 0) is 16.0 Å². The molecule has 1 heterocycles. The maximum atomic E-state index is 12.1. The average Bonchev–Trinajstić information content (AvgIpc) is 3.22. The van der Waals surface area contributed by atoms with Crippen LogP contribution in [0.25, 0.3) is 11.5 Å². The van der Waals surface area contributed by atoms with Gasteiger partial charge in [0.25, 0.3) is 0 Å². The molecule has 0 radical (unpaired) electrons. The molecule has 0 saturated carbocycles. The maximum Gasteiger partial charge on any atom is 0.338 e. The molecule has 0 unspecified atom stereocenters. The van der Waals surface area contributed by atoms with Gasteiger partial charge in [-0.15, -0.1) is 10.2 Å². The number of aromatic nitrogens is 2. The molecule has 150 valence electrons. The van der Waals surface area contributed by atoms with Gasteiger partial charge in [-0.2, -0.15) is 0 Å². The van der Waals surface area contributed by atoms with Crippen LogP contribution in [0.1, 0.15) is 29.6 Å². The van der Waals surface area contributed by atoms with Crippen molar-refractivity contribution in [3.63, 3.8) is 0 Å². The first kappa shape index (κ1) is 20.1. The van der Waals surface area contributed by atoms with E-state index in [-0.39, 0.29) is 12.3 Å². The molecule has 0 spiro atoms. The Morgan fingerprint density at radius 1 is 1.03 bits per heavy atom. The second-order valence-corrected chi connectivity index (χ2v) is 6.08. The summed E-state index contributed by atoms with van der Waals surface area (Å²) >= 11 is 0. The van der Waals surface area contributed by atoms with Gasteiger partial charge in [-0.25, -0.2) is 4.79 Å². The topological polar surface area (TPSA) is 104 Å². The summed E-state index contributed by atoms with van der Waals surface area (Å²) in [5, 5.41) is 10.8. The summed E-state index contributed by atoms with van der Waals surface area (Å²) < 4.78 is 15.7. The minimum Gasteiger partial charge on any atom is -0.497 e. The Kier molecular flexibility index (Phi) is 6.57. The summed E-state index contributed by atoms with van der Waals surface area (Å²) in [6, 6.07) is 13.8. The van der Waals surface area contributed by atoms with Crippen molar-refractivity contribution in [2.75, 3.05) is 19.0 Å². The van der Waals surface area contributed by atoms with E-state index in [1.807, 2.05) is 12.1 Å². The molecule has 1 amide bonds. The van der Waals surface area contributed by atoms with Gasteiger partial charge in [-0.05, 0) is 55.5 Å². The number of hydrogen-bond acceptors (Lipinski definition) is 7. The van der Waals surface area contributed by atoms with E-state index in [9.17, 15) is 9.59 Å². The molecule has 2 aromatic carbocycles. The number of nitrogens with zero attached hydrogens (tertiary/aromatic N) is 2. The summed E-state index contributed by atoms with van der Waals surface area (Å²) in [7, 11) is 1.60. The number of carbonyl (C=O) groups is 2. The zero-order chi connectivity index (χ0) is 20.6. The van der Waals surface area contributed by atoms with Gasteiger partial charge in [0.15, 0.2) is 0 Å². The van der Waals surface area contributed by atoms with Crippen molar-refractivity contribution < 1.29 is 23.5 Å². The van der Waals surface area contributed by atoms with E-state index < -0.39 is 5.97 Å². The van der Waals surface area contributed by atoms with Gasteiger partial charge in [0, 0.05) is 24.1 Å². The Morgan fingerprint density at radius 2 is 1.76 bits per heavy atom. The van der Waals surface area contributed by atoms with Gasteiger partial charge in [0.05, 0.1) is 19.3 Å². The molecule has 8 heteroatoms. The number of nitrogens with one attached hydrogen (secondary N) is 1. The van der Waals surface area contributed by atoms with Gasteiger partial charge in [0.1, 0.15) is 5.75 Å². The lowest BCUT2D eigenvalue weighted by Crippen LogP contribution is -2.12. The normalized spacial score (nSPS) is 10.4. The number of esters is 1. The molecule has 0 atom stereocenters. The number of ether oxygens (including phenoxy) is 2. The monoisotopic (exact) mass is 395 g/mol. The molecule has 8 nitrogen and oxygen atoms in total. The Bertz CT molecular complexity index is 965. The standard InChI is InChI=1S/C21H21N3O5/c1-3-28-21(26)15-4-8-16(9-5-15)22-18(25)12-13-19-23-24-20(29-19)14-6-10-17(27-2)11-7-14/h4-11H,3,12-13H2,1-2H3,(H,22,25). The molecular formula is C21H21N3O5. The molecule has 0 saturated heterocycles. The molecule has 29 heavy (non-hydrogen) atoms. The van der Waals surface area contributed by atoms with E-state index in [1.165, 1.54) is 0 Å². The maximum absolute atomic E-state index is 12.1. The lowest BCUT2D eigenvalue weighted by Gasteiger charge is -2.06.